The van der Waals surface area contributed by atoms with Gasteiger partial charge < -0.3 is 11.1 Å². The second kappa shape index (κ2) is 5.98. The molecule has 0 bridgehead atoms. The van der Waals surface area contributed by atoms with Gasteiger partial charge in [0.05, 0.1) is 3.79 Å². The number of nitrogens with one attached hydrogen (secondary N) is 1. The summed E-state index contributed by atoms with van der Waals surface area (Å²) in [7, 11) is 0. The molecule has 0 saturated carbocycles. The molecule has 1 unspecified atom stereocenters. The van der Waals surface area contributed by atoms with Crippen molar-refractivity contribution in [2.24, 2.45) is 11.7 Å². The maximum atomic E-state index is 11.7. The third kappa shape index (κ3) is 4.08. The van der Waals surface area contributed by atoms with Crippen molar-refractivity contribution >= 4 is 33.2 Å². The molecule has 3 N–H and O–H groups in total. The molecule has 0 fully saturated rings. The zero-order valence-electron chi connectivity index (χ0n) is 10.4. The number of carbonyl (C=O) groups is 1. The Kier molecular flexibility index (Phi) is 5.16. The molecule has 0 aliphatic heterocycles. The van der Waals surface area contributed by atoms with Gasteiger partial charge in [0.15, 0.2) is 0 Å². The van der Waals surface area contributed by atoms with Crippen LogP contribution in [0.5, 0.6) is 0 Å². The number of halogens is 1. The molecule has 5 heteroatoms. The predicted octanol–water partition coefficient (Wildman–Crippen LogP) is 2.50. The molecule has 17 heavy (non-hydrogen) atoms. The van der Waals surface area contributed by atoms with Gasteiger partial charge in [0.1, 0.15) is 0 Å². The Morgan fingerprint density at radius 3 is 2.71 bits per heavy atom. The fraction of sp³-hybridized carbons (Fsp3) is 0.583. The minimum absolute atomic E-state index is 0.0243. The first-order valence-electron chi connectivity index (χ1n) is 5.60. The first-order chi connectivity index (χ1) is 7.86. The van der Waals surface area contributed by atoms with Crippen LogP contribution in [-0.2, 0) is 10.2 Å². The Hall–Kier alpha value is -0.390. The van der Waals surface area contributed by atoms with Crippen molar-refractivity contribution in [1.82, 2.24) is 5.32 Å². The van der Waals surface area contributed by atoms with Crippen LogP contribution in [-0.4, -0.2) is 19.0 Å². The highest BCUT2D eigenvalue weighted by Gasteiger charge is 2.24. The summed E-state index contributed by atoms with van der Waals surface area (Å²) in [5.74, 6) is -0.0999. The van der Waals surface area contributed by atoms with E-state index in [2.05, 4.69) is 41.2 Å². The first-order valence-corrected chi connectivity index (χ1v) is 7.21. The van der Waals surface area contributed by atoms with Crippen molar-refractivity contribution in [3.63, 3.8) is 0 Å². The van der Waals surface area contributed by atoms with Gasteiger partial charge in [-0.1, -0.05) is 20.8 Å². The monoisotopic (exact) mass is 318 g/mol. The highest BCUT2D eigenvalue weighted by atomic mass is 79.9. The van der Waals surface area contributed by atoms with E-state index in [9.17, 15) is 4.79 Å². The van der Waals surface area contributed by atoms with Crippen molar-refractivity contribution in [2.75, 3.05) is 13.1 Å². The molecular weight excluding hydrogens is 300 g/mol. The smallest absolute Gasteiger partial charge is 0.224 e. The van der Waals surface area contributed by atoms with Crippen molar-refractivity contribution < 1.29 is 4.79 Å². The van der Waals surface area contributed by atoms with Crippen molar-refractivity contribution in [1.29, 1.82) is 0 Å². The summed E-state index contributed by atoms with van der Waals surface area (Å²) in [6.07, 6.45) is 0. The summed E-state index contributed by atoms with van der Waals surface area (Å²) in [6, 6.07) is 4.12. The Labute approximate surface area is 115 Å². The van der Waals surface area contributed by atoms with Gasteiger partial charge in [-0.3, -0.25) is 4.79 Å². The Morgan fingerprint density at radius 2 is 2.24 bits per heavy atom. The Bertz CT molecular complexity index is 390. The van der Waals surface area contributed by atoms with E-state index in [4.69, 9.17) is 5.73 Å². The van der Waals surface area contributed by atoms with Crippen molar-refractivity contribution in [3.8, 4) is 0 Å². The molecule has 1 atom stereocenters. The molecule has 0 radical (unpaired) electrons. The molecule has 1 aromatic rings. The number of nitrogens with two attached hydrogens (primary N) is 1. The van der Waals surface area contributed by atoms with Crippen molar-refractivity contribution in [3.05, 3.63) is 20.8 Å². The first kappa shape index (κ1) is 14.7. The van der Waals surface area contributed by atoms with Gasteiger partial charge in [0.25, 0.3) is 0 Å². The summed E-state index contributed by atoms with van der Waals surface area (Å²) >= 11 is 5.15. The molecule has 1 rings (SSSR count). The maximum Gasteiger partial charge on any atom is 0.224 e. The van der Waals surface area contributed by atoms with E-state index in [0.29, 0.717) is 13.1 Å². The Morgan fingerprint density at radius 1 is 1.59 bits per heavy atom. The number of rotatable bonds is 5. The van der Waals surface area contributed by atoms with Crippen LogP contribution < -0.4 is 11.1 Å². The lowest BCUT2D eigenvalue weighted by atomic mass is 9.91. The topological polar surface area (TPSA) is 55.1 Å². The number of thiophene rings is 1. The zero-order chi connectivity index (χ0) is 13.1. The molecule has 96 valence electrons. The van der Waals surface area contributed by atoms with Crippen LogP contribution >= 0.6 is 27.3 Å². The summed E-state index contributed by atoms with van der Waals surface area (Å²) in [5, 5.41) is 2.95. The highest BCUT2D eigenvalue weighted by Crippen LogP contribution is 2.32. The highest BCUT2D eigenvalue weighted by molar-refractivity contribution is 9.11. The predicted molar refractivity (Wildman–Crippen MR) is 76.3 cm³/mol. The number of carbonyl (C=O) groups excluding carboxylic acids is 1. The molecule has 1 heterocycles. The third-order valence-electron chi connectivity index (χ3n) is 2.75. The molecule has 0 spiro atoms. The van der Waals surface area contributed by atoms with E-state index in [0.717, 1.165) is 3.79 Å². The van der Waals surface area contributed by atoms with Gasteiger partial charge in [-0.05, 0) is 28.1 Å². The largest absolute Gasteiger partial charge is 0.355 e. The standard InChI is InChI=1S/C12H19BrN2OS/c1-8(6-14)11(16)15-7-12(2,3)9-4-5-10(13)17-9/h4-5,8H,6-7,14H2,1-3H3,(H,15,16). The Balaban J connectivity index is 2.59. The van der Waals surface area contributed by atoms with Crippen LogP contribution in [0, 0.1) is 5.92 Å². The molecule has 0 aliphatic rings. The summed E-state index contributed by atoms with van der Waals surface area (Å²) in [4.78, 5) is 12.9. The van der Waals surface area contributed by atoms with Crippen LogP contribution in [0.1, 0.15) is 25.6 Å². The van der Waals surface area contributed by atoms with E-state index >= 15 is 0 Å². The quantitative estimate of drug-likeness (QED) is 0.876. The fourth-order valence-electron chi connectivity index (χ4n) is 1.35. The third-order valence-corrected chi connectivity index (χ3v) is 4.74. The van der Waals surface area contributed by atoms with E-state index in [1.54, 1.807) is 11.3 Å². The lowest BCUT2D eigenvalue weighted by molar-refractivity contribution is -0.124. The van der Waals surface area contributed by atoms with Crippen LogP contribution in [0.15, 0.2) is 15.9 Å². The van der Waals surface area contributed by atoms with E-state index in [-0.39, 0.29) is 17.2 Å². The molecule has 0 aliphatic carbocycles. The molecule has 0 aromatic carbocycles. The summed E-state index contributed by atoms with van der Waals surface area (Å²) in [6.45, 7) is 7.10. The second-order valence-electron chi connectivity index (χ2n) is 4.84. The van der Waals surface area contributed by atoms with Crippen LogP contribution in [0.25, 0.3) is 0 Å². The van der Waals surface area contributed by atoms with Crippen LogP contribution in [0.2, 0.25) is 0 Å². The van der Waals surface area contributed by atoms with Gasteiger partial charge in [-0.15, -0.1) is 11.3 Å². The minimum atomic E-state index is -0.124. The zero-order valence-corrected chi connectivity index (χ0v) is 12.8. The van der Waals surface area contributed by atoms with Crippen molar-refractivity contribution in [2.45, 2.75) is 26.2 Å². The van der Waals surface area contributed by atoms with Gasteiger partial charge in [-0.2, -0.15) is 0 Å². The number of hydrogen-bond donors (Lipinski definition) is 2. The minimum Gasteiger partial charge on any atom is -0.355 e. The molecular formula is C12H19BrN2OS. The van der Waals surface area contributed by atoms with E-state index in [1.165, 1.54) is 4.88 Å². The van der Waals surface area contributed by atoms with E-state index in [1.807, 2.05) is 13.0 Å². The van der Waals surface area contributed by atoms with Gasteiger partial charge in [-0.25, -0.2) is 0 Å². The normalized spacial score (nSPS) is 13.5. The summed E-state index contributed by atoms with van der Waals surface area (Å²) in [5.41, 5.74) is 5.41. The number of hydrogen-bond acceptors (Lipinski definition) is 3. The van der Waals surface area contributed by atoms with Gasteiger partial charge in [0, 0.05) is 29.3 Å². The average Bonchev–Trinajstić information content (AvgIpc) is 2.72. The van der Waals surface area contributed by atoms with Gasteiger partial charge >= 0.3 is 0 Å². The fourth-order valence-corrected chi connectivity index (χ4v) is 2.84. The molecule has 1 aromatic heterocycles. The van der Waals surface area contributed by atoms with Crippen LogP contribution in [0.4, 0.5) is 0 Å². The average molecular weight is 319 g/mol. The van der Waals surface area contributed by atoms with E-state index < -0.39 is 0 Å². The lowest BCUT2D eigenvalue weighted by Gasteiger charge is -2.24. The molecule has 1 amide bonds. The van der Waals surface area contributed by atoms with Crippen LogP contribution in [0.3, 0.4) is 0 Å². The molecule has 3 nitrogen and oxygen atoms in total. The van der Waals surface area contributed by atoms with Gasteiger partial charge in [0.2, 0.25) is 5.91 Å². The second-order valence-corrected chi connectivity index (χ2v) is 7.31. The SMILES string of the molecule is CC(CN)C(=O)NCC(C)(C)c1ccc(Br)s1. The summed E-state index contributed by atoms with van der Waals surface area (Å²) < 4.78 is 1.11. The number of amides is 1. The maximum absolute atomic E-state index is 11.7. The lowest BCUT2D eigenvalue weighted by Crippen LogP contribution is -2.40. The molecule has 0 saturated heterocycles.